The molecule has 0 aliphatic carbocycles. The molecule has 6 nitrogen and oxygen atoms in total. The molecule has 4 rings (SSSR count). The van der Waals surface area contributed by atoms with Gasteiger partial charge in [0.15, 0.2) is 5.13 Å². The number of thioether (sulfide) groups is 1. The maximum atomic E-state index is 13.3. The molecular weight excluding hydrogens is 445 g/mol. The standard InChI is InChI=1S/C20H20FN3O3S3/c1-28-16-4-2-3-5-18(16)30(26,27)24-10-8-13(9-11-24)19(25)23-20-22-15-7-6-14(21)12-17(15)29-20/h2-7,12-13H,8-11H2,1H3,(H,22,23,25). The highest BCUT2D eigenvalue weighted by Gasteiger charge is 2.33. The van der Waals surface area contributed by atoms with Crippen molar-refractivity contribution in [1.29, 1.82) is 0 Å². The van der Waals surface area contributed by atoms with E-state index in [-0.39, 0.29) is 30.7 Å². The van der Waals surface area contributed by atoms with Crippen molar-refractivity contribution in [2.45, 2.75) is 22.6 Å². The molecule has 3 aromatic rings. The van der Waals surface area contributed by atoms with Crippen LogP contribution in [0.3, 0.4) is 0 Å². The number of amides is 1. The topological polar surface area (TPSA) is 79.4 Å². The second-order valence-corrected chi connectivity index (χ2v) is 10.7. The number of benzene rings is 2. The number of nitrogens with zero attached hydrogens (tertiary/aromatic N) is 2. The first kappa shape index (κ1) is 21.2. The van der Waals surface area contributed by atoms with Gasteiger partial charge < -0.3 is 5.32 Å². The predicted molar refractivity (Wildman–Crippen MR) is 118 cm³/mol. The summed E-state index contributed by atoms with van der Waals surface area (Å²) in [5.41, 5.74) is 0.630. The number of hydrogen-bond acceptors (Lipinski definition) is 6. The van der Waals surface area contributed by atoms with Crippen molar-refractivity contribution in [3.05, 3.63) is 48.3 Å². The monoisotopic (exact) mass is 465 g/mol. The Morgan fingerprint density at radius 1 is 1.23 bits per heavy atom. The van der Waals surface area contributed by atoms with Crippen molar-refractivity contribution in [3.63, 3.8) is 0 Å². The molecule has 0 atom stereocenters. The normalized spacial score (nSPS) is 16.1. The molecule has 1 amide bonds. The summed E-state index contributed by atoms with van der Waals surface area (Å²) in [6, 6.07) is 11.2. The summed E-state index contributed by atoms with van der Waals surface area (Å²) in [7, 11) is -3.60. The second-order valence-electron chi connectivity index (χ2n) is 6.95. The van der Waals surface area contributed by atoms with Crippen LogP contribution in [0, 0.1) is 11.7 Å². The van der Waals surface area contributed by atoms with E-state index in [9.17, 15) is 17.6 Å². The number of thiazole rings is 1. The van der Waals surface area contributed by atoms with Crippen molar-refractivity contribution >= 4 is 54.4 Å². The number of fused-ring (bicyclic) bond motifs is 1. The van der Waals surface area contributed by atoms with Crippen LogP contribution in [0.25, 0.3) is 10.2 Å². The zero-order chi connectivity index (χ0) is 21.3. The summed E-state index contributed by atoms with van der Waals surface area (Å²) in [4.78, 5) is 18.0. The molecule has 1 aromatic heterocycles. The average Bonchev–Trinajstić information content (AvgIpc) is 3.15. The lowest BCUT2D eigenvalue weighted by Gasteiger charge is -2.30. The van der Waals surface area contributed by atoms with Crippen LogP contribution in [0.5, 0.6) is 0 Å². The number of piperidine rings is 1. The highest BCUT2D eigenvalue weighted by molar-refractivity contribution is 7.99. The lowest BCUT2D eigenvalue weighted by Crippen LogP contribution is -2.41. The summed E-state index contributed by atoms with van der Waals surface area (Å²) in [5.74, 6) is -0.826. The summed E-state index contributed by atoms with van der Waals surface area (Å²) < 4.78 is 41.5. The molecule has 0 bridgehead atoms. The number of anilines is 1. The number of aromatic nitrogens is 1. The van der Waals surface area contributed by atoms with Crippen LogP contribution < -0.4 is 5.32 Å². The lowest BCUT2D eigenvalue weighted by atomic mass is 9.97. The number of carbonyl (C=O) groups is 1. The van der Waals surface area contributed by atoms with Crippen LogP contribution in [0.2, 0.25) is 0 Å². The van der Waals surface area contributed by atoms with Gasteiger partial charge in [-0.25, -0.2) is 17.8 Å². The van der Waals surface area contributed by atoms with Gasteiger partial charge in [-0.1, -0.05) is 23.5 Å². The van der Waals surface area contributed by atoms with E-state index >= 15 is 0 Å². The van der Waals surface area contributed by atoms with Crippen molar-refractivity contribution in [2.75, 3.05) is 24.7 Å². The van der Waals surface area contributed by atoms with Crippen molar-refractivity contribution in [2.24, 2.45) is 5.92 Å². The molecule has 10 heteroatoms. The van der Waals surface area contributed by atoms with Gasteiger partial charge in [0.2, 0.25) is 15.9 Å². The van der Waals surface area contributed by atoms with Gasteiger partial charge in [0.1, 0.15) is 5.82 Å². The maximum Gasteiger partial charge on any atom is 0.244 e. The molecule has 1 N–H and O–H groups in total. The fourth-order valence-electron chi connectivity index (χ4n) is 3.49. The number of sulfonamides is 1. The smallest absolute Gasteiger partial charge is 0.244 e. The van der Waals surface area contributed by atoms with Gasteiger partial charge in [-0.05, 0) is 49.4 Å². The molecule has 0 unspecified atom stereocenters. The second kappa shape index (κ2) is 8.62. The Morgan fingerprint density at radius 3 is 2.70 bits per heavy atom. The van der Waals surface area contributed by atoms with E-state index < -0.39 is 10.0 Å². The summed E-state index contributed by atoms with van der Waals surface area (Å²) in [6.07, 6.45) is 2.72. The fraction of sp³-hybridized carbons (Fsp3) is 0.300. The molecule has 30 heavy (non-hydrogen) atoms. The van der Waals surface area contributed by atoms with Gasteiger partial charge in [-0.2, -0.15) is 4.31 Å². The molecule has 2 heterocycles. The Morgan fingerprint density at radius 2 is 1.97 bits per heavy atom. The zero-order valence-corrected chi connectivity index (χ0v) is 18.6. The van der Waals surface area contributed by atoms with Crippen molar-refractivity contribution in [1.82, 2.24) is 9.29 Å². The third-order valence-corrected chi connectivity index (χ3v) is 8.91. The van der Waals surface area contributed by atoms with Crippen LogP contribution >= 0.6 is 23.1 Å². The van der Waals surface area contributed by atoms with Gasteiger partial charge in [0.25, 0.3) is 0 Å². The highest BCUT2D eigenvalue weighted by atomic mass is 32.2. The first-order valence-electron chi connectivity index (χ1n) is 9.38. The average molecular weight is 466 g/mol. The predicted octanol–water partition coefficient (Wildman–Crippen LogP) is 4.20. The zero-order valence-electron chi connectivity index (χ0n) is 16.2. The molecule has 2 aromatic carbocycles. The SMILES string of the molecule is CSc1ccccc1S(=O)(=O)N1CCC(C(=O)Nc2nc3ccc(F)cc3s2)CC1. The van der Waals surface area contributed by atoms with E-state index in [2.05, 4.69) is 10.3 Å². The van der Waals surface area contributed by atoms with Gasteiger partial charge in [-0.3, -0.25) is 4.79 Å². The molecule has 0 radical (unpaired) electrons. The number of halogens is 1. The van der Waals surface area contributed by atoms with E-state index in [0.29, 0.717) is 38.0 Å². The summed E-state index contributed by atoms with van der Waals surface area (Å²) in [5, 5.41) is 3.22. The van der Waals surface area contributed by atoms with E-state index in [1.165, 1.54) is 39.5 Å². The Labute approximate surface area is 182 Å². The highest BCUT2D eigenvalue weighted by Crippen LogP contribution is 2.31. The van der Waals surface area contributed by atoms with Crippen LogP contribution in [-0.2, 0) is 14.8 Å². The van der Waals surface area contributed by atoms with E-state index in [4.69, 9.17) is 0 Å². The number of nitrogens with one attached hydrogen (secondary N) is 1. The molecular formula is C20H20FN3O3S3. The van der Waals surface area contributed by atoms with Crippen LogP contribution in [0.4, 0.5) is 9.52 Å². The lowest BCUT2D eigenvalue weighted by molar-refractivity contribution is -0.120. The van der Waals surface area contributed by atoms with Crippen LogP contribution in [0.15, 0.2) is 52.3 Å². The quantitative estimate of drug-likeness (QED) is 0.572. The third-order valence-electron chi connectivity index (χ3n) is 5.09. The van der Waals surface area contributed by atoms with E-state index in [1.807, 2.05) is 12.3 Å². The minimum Gasteiger partial charge on any atom is -0.302 e. The Hall–Kier alpha value is -2.01. The van der Waals surface area contributed by atoms with Gasteiger partial charge in [0.05, 0.1) is 15.1 Å². The number of rotatable bonds is 5. The van der Waals surface area contributed by atoms with Crippen molar-refractivity contribution in [3.8, 4) is 0 Å². The maximum absolute atomic E-state index is 13.3. The van der Waals surface area contributed by atoms with Crippen LogP contribution in [-0.4, -0.2) is 43.0 Å². The van der Waals surface area contributed by atoms with E-state index in [0.717, 1.165) is 0 Å². The summed E-state index contributed by atoms with van der Waals surface area (Å²) >= 11 is 2.61. The molecule has 1 aliphatic rings. The van der Waals surface area contributed by atoms with Gasteiger partial charge in [0, 0.05) is 23.9 Å². The Kier molecular flexibility index (Phi) is 6.10. The molecule has 0 saturated carbocycles. The summed E-state index contributed by atoms with van der Waals surface area (Å²) in [6.45, 7) is 0.572. The van der Waals surface area contributed by atoms with Gasteiger partial charge in [-0.15, -0.1) is 11.8 Å². The Balaban J connectivity index is 1.41. The minimum absolute atomic E-state index is 0.184. The number of hydrogen-bond donors (Lipinski definition) is 1. The van der Waals surface area contributed by atoms with Crippen LogP contribution in [0.1, 0.15) is 12.8 Å². The molecule has 0 spiro atoms. The first-order valence-corrected chi connectivity index (χ1v) is 12.9. The molecule has 1 saturated heterocycles. The minimum atomic E-state index is -3.60. The van der Waals surface area contributed by atoms with Gasteiger partial charge >= 0.3 is 0 Å². The number of carbonyl (C=O) groups excluding carboxylic acids is 1. The molecule has 158 valence electrons. The third kappa shape index (κ3) is 4.22. The molecule has 1 aliphatic heterocycles. The largest absolute Gasteiger partial charge is 0.302 e. The first-order chi connectivity index (χ1) is 14.4. The van der Waals surface area contributed by atoms with Crippen molar-refractivity contribution < 1.29 is 17.6 Å². The molecule has 1 fully saturated rings. The Bertz CT molecular complexity index is 1190. The van der Waals surface area contributed by atoms with E-state index in [1.54, 1.807) is 24.3 Å². The fourth-order valence-corrected chi connectivity index (χ4v) is 6.97.